The van der Waals surface area contributed by atoms with Crippen molar-refractivity contribution < 1.29 is 102 Å². The molecule has 1 aliphatic rings. The normalized spacial score (nSPS) is 30.2. The predicted molar refractivity (Wildman–Crippen MR) is 66.2 cm³/mol. The van der Waals surface area contributed by atoms with Crippen molar-refractivity contribution in [1.29, 1.82) is 0 Å². The van der Waals surface area contributed by atoms with Gasteiger partial charge < -0.3 is 4.74 Å². The third-order valence-electron chi connectivity index (χ3n) is 4.56. The first kappa shape index (κ1) is 32.5. The summed E-state index contributed by atoms with van der Waals surface area (Å²) in [6, 6.07) is 0. The Bertz CT molecular complexity index is 751. The zero-order valence-corrected chi connectivity index (χ0v) is 15.6. The van der Waals surface area contributed by atoms with E-state index in [-0.39, 0.29) is 0 Å². The first-order valence-electron chi connectivity index (χ1n) is 8.08. The molecule has 5 unspecified atom stereocenters. The van der Waals surface area contributed by atoms with Crippen molar-refractivity contribution in [1.82, 2.24) is 0 Å². The monoisotopic (exact) mass is 592 g/mol. The topological polar surface area (TPSA) is 18.5 Å². The maximum absolute atomic E-state index is 14.6. The third-order valence-corrected chi connectivity index (χ3v) is 4.56. The van der Waals surface area contributed by atoms with Gasteiger partial charge in [0.25, 0.3) is 5.79 Å². The van der Waals surface area contributed by atoms with E-state index in [0.717, 1.165) is 0 Å². The molecule has 216 valence electrons. The Morgan fingerprint density at radius 2 is 0.944 bits per heavy atom. The van der Waals surface area contributed by atoms with Gasteiger partial charge in [0, 0.05) is 0 Å². The maximum atomic E-state index is 14.6. The number of alkyl halides is 21. The van der Waals surface area contributed by atoms with Crippen LogP contribution >= 0.6 is 0 Å². The second kappa shape index (κ2) is 8.75. The molecule has 0 bridgehead atoms. The summed E-state index contributed by atoms with van der Waals surface area (Å²) in [5, 5.41) is 0. The molecule has 0 radical (unpaired) electrons. The van der Waals surface area contributed by atoms with Crippen molar-refractivity contribution in [3.8, 4) is 0 Å². The molecule has 1 heterocycles. The fourth-order valence-electron chi connectivity index (χ4n) is 2.86. The van der Waals surface area contributed by atoms with Gasteiger partial charge in [-0.05, 0) is 0 Å². The Morgan fingerprint density at radius 1 is 0.583 bits per heavy atom. The molecule has 0 saturated carbocycles. The van der Waals surface area contributed by atoms with Crippen molar-refractivity contribution in [2.45, 2.75) is 79.0 Å². The van der Waals surface area contributed by atoms with E-state index in [2.05, 4.69) is 4.74 Å². The molecule has 0 N–H and O–H groups in total. The largest absolute Gasteiger partial charge is 0.437 e. The Morgan fingerprint density at radius 3 is 1.22 bits per heavy atom. The highest BCUT2D eigenvalue weighted by molar-refractivity contribution is 5.18. The molecule has 1 fully saturated rings. The molecule has 1 saturated heterocycles. The smallest absolute Gasteiger partial charge is 0.333 e. The van der Waals surface area contributed by atoms with Crippen LogP contribution in [-0.2, 0) is 9.47 Å². The Balaban J connectivity index is 4.26. The summed E-state index contributed by atoms with van der Waals surface area (Å²) >= 11 is 0. The molecule has 5 atom stereocenters. The van der Waals surface area contributed by atoms with Gasteiger partial charge in [0.15, 0.2) is 18.5 Å². The maximum Gasteiger partial charge on any atom is 0.437 e. The van der Waals surface area contributed by atoms with Crippen LogP contribution in [0.2, 0.25) is 0 Å². The average Bonchev–Trinajstić information content (AvgIpc) is 2.63. The zero-order valence-electron chi connectivity index (χ0n) is 15.6. The van der Waals surface area contributed by atoms with Gasteiger partial charge in [0.1, 0.15) is 6.10 Å². The molecule has 0 amide bonds. The van der Waals surface area contributed by atoms with Gasteiger partial charge in [-0.15, -0.1) is 0 Å². The summed E-state index contributed by atoms with van der Waals surface area (Å²) < 4.78 is 282. The zero-order chi connectivity index (χ0) is 29.3. The molecule has 2 nitrogen and oxygen atoms in total. The molecule has 0 spiro atoms. The average molecular weight is 592 g/mol. The minimum atomic E-state index is -8.27. The van der Waals surface area contributed by atoms with Gasteiger partial charge in [0.2, 0.25) is 0 Å². The second-order valence-corrected chi connectivity index (χ2v) is 6.82. The third kappa shape index (κ3) is 4.50. The van der Waals surface area contributed by atoms with E-state index in [1.165, 1.54) is 0 Å². The highest BCUT2D eigenvalue weighted by Gasteiger charge is 2.91. The van der Waals surface area contributed by atoms with E-state index >= 15 is 0 Å². The predicted octanol–water partition coefficient (Wildman–Crippen LogP) is 6.64. The Hall–Kier alpha value is -1.55. The molecule has 0 aromatic carbocycles. The fourth-order valence-corrected chi connectivity index (χ4v) is 2.86. The number of halogens is 21. The van der Waals surface area contributed by atoms with E-state index in [1.54, 1.807) is 0 Å². The van der Waals surface area contributed by atoms with E-state index in [0.29, 0.717) is 0 Å². The number of hydrogen-bond acceptors (Lipinski definition) is 2. The molecule has 0 aliphatic carbocycles. The highest BCUT2D eigenvalue weighted by Crippen LogP contribution is 2.62. The van der Waals surface area contributed by atoms with Crippen LogP contribution in [0, 0.1) is 0 Å². The van der Waals surface area contributed by atoms with E-state index < -0.39 is 79.0 Å². The molecule has 1 rings (SSSR count). The van der Waals surface area contributed by atoms with Gasteiger partial charge in [-0.1, -0.05) is 0 Å². The van der Waals surface area contributed by atoms with Gasteiger partial charge >= 0.3 is 48.6 Å². The number of hydrogen-bond donors (Lipinski definition) is 0. The van der Waals surface area contributed by atoms with Crippen molar-refractivity contribution in [2.75, 3.05) is 0 Å². The van der Waals surface area contributed by atoms with Crippen LogP contribution in [0.4, 0.5) is 92.2 Å². The lowest BCUT2D eigenvalue weighted by Crippen LogP contribution is -2.82. The highest BCUT2D eigenvalue weighted by atomic mass is 19.4. The van der Waals surface area contributed by atoms with Crippen LogP contribution in [-0.4, -0.2) is 79.0 Å². The molecule has 36 heavy (non-hydrogen) atoms. The standard InChI is InChI=1S/C13H5F21O2/c14-1-2(15)4(6(19,10(23,24)25)11(26,27)28)35-7(3(1)16,36-8(20,21)5(17)18)9(22,12(29,30)31)13(32,33)34/h1-5H. The summed E-state index contributed by atoms with van der Waals surface area (Å²) in [7, 11) is 0. The van der Waals surface area contributed by atoms with Crippen molar-refractivity contribution in [3.63, 3.8) is 0 Å². The van der Waals surface area contributed by atoms with Crippen LogP contribution < -0.4 is 0 Å². The van der Waals surface area contributed by atoms with E-state index in [1.807, 2.05) is 4.74 Å². The quantitative estimate of drug-likeness (QED) is 0.334. The van der Waals surface area contributed by atoms with Crippen LogP contribution in [0.25, 0.3) is 0 Å². The van der Waals surface area contributed by atoms with Crippen LogP contribution in [0.3, 0.4) is 0 Å². The summed E-state index contributed by atoms with van der Waals surface area (Å²) in [6.07, 6.45) is -67.3. The summed E-state index contributed by atoms with van der Waals surface area (Å²) in [5.41, 5.74) is -16.0. The van der Waals surface area contributed by atoms with Gasteiger partial charge in [-0.25, -0.2) is 30.7 Å². The summed E-state index contributed by atoms with van der Waals surface area (Å²) in [4.78, 5) is 0. The first-order chi connectivity index (χ1) is 15.5. The lowest BCUT2D eigenvalue weighted by atomic mass is 9.79. The molecule has 0 aromatic heterocycles. The lowest BCUT2D eigenvalue weighted by Gasteiger charge is -2.54. The van der Waals surface area contributed by atoms with Gasteiger partial charge in [0.05, 0.1) is 0 Å². The first-order valence-corrected chi connectivity index (χ1v) is 8.08. The molecule has 0 aromatic rings. The molecular weight excluding hydrogens is 587 g/mol. The fraction of sp³-hybridized carbons (Fsp3) is 1.00. The van der Waals surface area contributed by atoms with Crippen LogP contribution in [0.5, 0.6) is 0 Å². The van der Waals surface area contributed by atoms with Crippen LogP contribution in [0.1, 0.15) is 0 Å². The van der Waals surface area contributed by atoms with Crippen LogP contribution in [0.15, 0.2) is 0 Å². The van der Waals surface area contributed by atoms with E-state index in [9.17, 15) is 92.2 Å². The number of ether oxygens (including phenoxy) is 2. The second-order valence-electron chi connectivity index (χ2n) is 6.82. The minimum absolute atomic E-state index is 2.02. The molecule has 23 heteroatoms. The van der Waals surface area contributed by atoms with Gasteiger partial charge in [-0.3, -0.25) is 4.74 Å². The molecular formula is C13H5F21O2. The summed E-state index contributed by atoms with van der Waals surface area (Å²) in [5.74, 6) is -7.43. The number of rotatable bonds is 5. The summed E-state index contributed by atoms with van der Waals surface area (Å²) in [6.45, 7) is 0. The van der Waals surface area contributed by atoms with Crippen molar-refractivity contribution in [2.24, 2.45) is 0 Å². The minimum Gasteiger partial charge on any atom is -0.333 e. The van der Waals surface area contributed by atoms with Gasteiger partial charge in [-0.2, -0.15) is 61.5 Å². The van der Waals surface area contributed by atoms with Crippen molar-refractivity contribution in [3.05, 3.63) is 0 Å². The SMILES string of the molecule is FC1C(F)C(C(F)(C(F)(F)F)C(F)(F)F)OC(OC(F)(F)C(F)F)(C(F)(C(F)(F)F)C(F)(F)F)C1F. The Kier molecular flexibility index (Phi) is 7.89. The lowest BCUT2D eigenvalue weighted by molar-refractivity contribution is -0.526. The van der Waals surface area contributed by atoms with Crippen molar-refractivity contribution >= 4 is 0 Å². The van der Waals surface area contributed by atoms with E-state index in [4.69, 9.17) is 0 Å². The molecule has 1 aliphatic heterocycles. The Labute approximate surface area is 182 Å².